The number of hydrogen-bond acceptors (Lipinski definition) is 4. The van der Waals surface area contributed by atoms with Crippen LogP contribution in [0.5, 0.6) is 5.75 Å². The molecule has 5 nitrogen and oxygen atoms in total. The fourth-order valence-corrected chi connectivity index (χ4v) is 3.19. The Labute approximate surface area is 142 Å². The normalized spacial score (nSPS) is 17.2. The molecule has 2 aromatic rings. The second-order valence-corrected chi connectivity index (χ2v) is 7.07. The van der Waals surface area contributed by atoms with Gasteiger partial charge in [-0.2, -0.15) is 13.2 Å². The van der Waals surface area contributed by atoms with Gasteiger partial charge in [-0.05, 0) is 24.3 Å². The summed E-state index contributed by atoms with van der Waals surface area (Å²) in [5.41, 5.74) is -1.69. The molecule has 0 aromatic heterocycles. The standard InChI is InChI=1S/C16H14F3NO4S/c17-16(18,19)14-7-6-11(23-9-12-10-24-12)8-15(14)20-25(21,22)13-4-2-1-3-5-13/h1-8,12,20H,9-10H2. The predicted molar refractivity (Wildman–Crippen MR) is 83.9 cm³/mol. The van der Waals surface area contributed by atoms with Crippen LogP contribution in [0.1, 0.15) is 5.56 Å². The van der Waals surface area contributed by atoms with Gasteiger partial charge < -0.3 is 9.47 Å². The van der Waals surface area contributed by atoms with Gasteiger partial charge in [-0.3, -0.25) is 4.72 Å². The summed E-state index contributed by atoms with van der Waals surface area (Å²) in [4.78, 5) is -0.138. The first kappa shape index (κ1) is 17.6. The van der Waals surface area contributed by atoms with Crippen LogP contribution in [0, 0.1) is 0 Å². The van der Waals surface area contributed by atoms with E-state index >= 15 is 0 Å². The third kappa shape index (κ3) is 4.43. The molecule has 2 aromatic carbocycles. The Morgan fingerprint density at radius 3 is 2.44 bits per heavy atom. The van der Waals surface area contributed by atoms with Gasteiger partial charge in [0.25, 0.3) is 10.0 Å². The number of ether oxygens (including phenoxy) is 2. The van der Waals surface area contributed by atoms with Gasteiger partial charge in [0.15, 0.2) is 0 Å². The zero-order valence-corrected chi connectivity index (χ0v) is 13.6. The lowest BCUT2D eigenvalue weighted by Gasteiger charge is -2.16. The maximum atomic E-state index is 13.2. The van der Waals surface area contributed by atoms with Crippen LogP contribution in [0.2, 0.25) is 0 Å². The van der Waals surface area contributed by atoms with Gasteiger partial charge in [-0.1, -0.05) is 18.2 Å². The van der Waals surface area contributed by atoms with Crippen LogP contribution in [0.25, 0.3) is 0 Å². The van der Waals surface area contributed by atoms with Crippen molar-refractivity contribution in [3.05, 3.63) is 54.1 Å². The van der Waals surface area contributed by atoms with Crippen LogP contribution in [-0.4, -0.2) is 27.7 Å². The molecular weight excluding hydrogens is 359 g/mol. The monoisotopic (exact) mass is 373 g/mol. The summed E-state index contributed by atoms with van der Waals surface area (Å²) in [6, 6.07) is 10.1. The Bertz CT molecular complexity index is 849. The van der Waals surface area contributed by atoms with Crippen molar-refractivity contribution in [1.82, 2.24) is 0 Å². The lowest BCUT2D eigenvalue weighted by atomic mass is 10.1. The highest BCUT2D eigenvalue weighted by atomic mass is 32.2. The number of halogens is 3. The molecule has 3 rings (SSSR count). The molecule has 1 fully saturated rings. The third-order valence-corrected chi connectivity index (χ3v) is 4.81. The van der Waals surface area contributed by atoms with E-state index in [0.717, 1.165) is 18.2 Å². The van der Waals surface area contributed by atoms with Crippen LogP contribution < -0.4 is 9.46 Å². The summed E-state index contributed by atoms with van der Waals surface area (Å²) >= 11 is 0. The van der Waals surface area contributed by atoms with Crippen molar-refractivity contribution in [2.75, 3.05) is 17.9 Å². The first-order chi connectivity index (χ1) is 11.8. The summed E-state index contributed by atoms with van der Waals surface area (Å²) < 4.78 is 76.5. The number of rotatable bonds is 6. The topological polar surface area (TPSA) is 67.9 Å². The number of nitrogens with one attached hydrogen (secondary N) is 1. The van der Waals surface area contributed by atoms with Gasteiger partial charge in [-0.25, -0.2) is 8.42 Å². The van der Waals surface area contributed by atoms with Crippen LogP contribution >= 0.6 is 0 Å². The Balaban J connectivity index is 1.92. The van der Waals surface area contributed by atoms with Crippen molar-refractivity contribution < 1.29 is 31.1 Å². The summed E-state index contributed by atoms with van der Waals surface area (Å²) in [5.74, 6) is 0.120. The van der Waals surface area contributed by atoms with Crippen molar-refractivity contribution in [1.29, 1.82) is 0 Å². The fraction of sp³-hybridized carbons (Fsp3) is 0.250. The van der Waals surface area contributed by atoms with E-state index < -0.39 is 27.5 Å². The van der Waals surface area contributed by atoms with Gasteiger partial charge >= 0.3 is 6.18 Å². The van der Waals surface area contributed by atoms with Crippen LogP contribution in [0.3, 0.4) is 0 Å². The summed E-state index contributed by atoms with van der Waals surface area (Å²) in [5, 5.41) is 0. The highest BCUT2D eigenvalue weighted by Crippen LogP contribution is 2.37. The Morgan fingerprint density at radius 2 is 1.84 bits per heavy atom. The minimum absolute atomic E-state index is 0.0771. The first-order valence-corrected chi connectivity index (χ1v) is 8.77. The zero-order valence-electron chi connectivity index (χ0n) is 12.8. The Kier molecular flexibility index (Phi) is 4.61. The highest BCUT2D eigenvalue weighted by molar-refractivity contribution is 7.92. The molecular formula is C16H14F3NO4S. The average Bonchev–Trinajstić information content (AvgIpc) is 3.37. The fourth-order valence-electron chi connectivity index (χ4n) is 2.10. The van der Waals surface area contributed by atoms with Crippen molar-refractivity contribution in [2.24, 2.45) is 0 Å². The molecule has 1 atom stereocenters. The molecule has 134 valence electrons. The van der Waals surface area contributed by atoms with Crippen LogP contribution in [0.15, 0.2) is 53.4 Å². The summed E-state index contributed by atoms with van der Waals surface area (Å²) in [6.45, 7) is 0.727. The van der Waals surface area contributed by atoms with E-state index in [2.05, 4.69) is 0 Å². The maximum absolute atomic E-state index is 13.2. The van der Waals surface area contributed by atoms with E-state index in [1.807, 2.05) is 4.72 Å². The molecule has 1 aliphatic heterocycles. The Hall–Kier alpha value is -2.26. The van der Waals surface area contributed by atoms with E-state index in [1.165, 1.54) is 24.3 Å². The predicted octanol–water partition coefficient (Wildman–Crippen LogP) is 3.28. The largest absolute Gasteiger partial charge is 0.491 e. The smallest absolute Gasteiger partial charge is 0.418 e. The number of sulfonamides is 1. The lowest BCUT2D eigenvalue weighted by Crippen LogP contribution is -2.17. The number of hydrogen-bond donors (Lipinski definition) is 1. The van der Waals surface area contributed by atoms with Gasteiger partial charge in [0.1, 0.15) is 18.5 Å². The van der Waals surface area contributed by atoms with Crippen LogP contribution in [-0.2, 0) is 20.9 Å². The van der Waals surface area contributed by atoms with E-state index in [0.29, 0.717) is 6.61 Å². The molecule has 0 spiro atoms. The third-order valence-electron chi connectivity index (χ3n) is 3.43. The molecule has 0 bridgehead atoms. The molecule has 1 unspecified atom stereocenters. The number of alkyl halides is 3. The highest BCUT2D eigenvalue weighted by Gasteiger charge is 2.35. The number of epoxide rings is 1. The lowest BCUT2D eigenvalue weighted by molar-refractivity contribution is -0.136. The van der Waals surface area contributed by atoms with E-state index in [4.69, 9.17) is 9.47 Å². The van der Waals surface area contributed by atoms with E-state index in [-0.39, 0.29) is 23.4 Å². The number of anilines is 1. The molecule has 0 aliphatic carbocycles. The average molecular weight is 373 g/mol. The van der Waals surface area contributed by atoms with Crippen LogP contribution in [0.4, 0.5) is 18.9 Å². The molecule has 0 radical (unpaired) electrons. The molecule has 1 aliphatic rings. The van der Waals surface area contributed by atoms with Gasteiger partial charge in [-0.15, -0.1) is 0 Å². The van der Waals surface area contributed by atoms with E-state index in [1.54, 1.807) is 6.07 Å². The molecule has 1 N–H and O–H groups in total. The van der Waals surface area contributed by atoms with Gasteiger partial charge in [0, 0.05) is 6.07 Å². The Morgan fingerprint density at radius 1 is 1.16 bits per heavy atom. The second kappa shape index (κ2) is 6.57. The van der Waals surface area contributed by atoms with E-state index in [9.17, 15) is 21.6 Å². The quantitative estimate of drug-likeness (QED) is 0.789. The van der Waals surface area contributed by atoms with Crippen molar-refractivity contribution >= 4 is 15.7 Å². The molecule has 25 heavy (non-hydrogen) atoms. The SMILES string of the molecule is O=S(=O)(Nc1cc(OCC2CO2)ccc1C(F)(F)F)c1ccccc1. The van der Waals surface area contributed by atoms with Crippen molar-refractivity contribution in [3.63, 3.8) is 0 Å². The summed E-state index contributed by atoms with van der Waals surface area (Å²) in [7, 11) is -4.16. The number of benzene rings is 2. The maximum Gasteiger partial charge on any atom is 0.418 e. The van der Waals surface area contributed by atoms with Gasteiger partial charge in [0.2, 0.25) is 0 Å². The molecule has 9 heteroatoms. The minimum atomic E-state index is -4.72. The summed E-state index contributed by atoms with van der Waals surface area (Å²) in [6.07, 6.45) is -4.79. The molecule has 0 saturated carbocycles. The first-order valence-electron chi connectivity index (χ1n) is 7.29. The van der Waals surface area contributed by atoms with Crippen molar-refractivity contribution in [2.45, 2.75) is 17.2 Å². The second-order valence-electron chi connectivity index (χ2n) is 5.39. The van der Waals surface area contributed by atoms with Crippen molar-refractivity contribution in [3.8, 4) is 5.75 Å². The molecule has 1 heterocycles. The molecule has 1 saturated heterocycles. The minimum Gasteiger partial charge on any atom is -0.491 e. The molecule has 0 amide bonds. The zero-order chi connectivity index (χ0) is 18.1. The van der Waals surface area contributed by atoms with Gasteiger partial charge in [0.05, 0.1) is 22.8 Å².